The second-order valence-electron chi connectivity index (χ2n) is 8.81. The summed E-state index contributed by atoms with van der Waals surface area (Å²) in [6.07, 6.45) is 5.33. The Hall–Kier alpha value is -1.50. The maximum atomic E-state index is 12.8. The van der Waals surface area contributed by atoms with Crippen LogP contribution in [-0.2, 0) is 16.2 Å². The summed E-state index contributed by atoms with van der Waals surface area (Å²) in [6, 6.07) is 7.01. The maximum Gasteiger partial charge on any atom is 0.246 e. The number of aromatic nitrogens is 2. The molecule has 0 spiro atoms. The predicted octanol–water partition coefficient (Wildman–Crippen LogP) is 5.63. The van der Waals surface area contributed by atoms with Crippen molar-refractivity contribution in [1.82, 2.24) is 25.1 Å². The lowest BCUT2D eigenvalue weighted by Gasteiger charge is -2.26. The minimum Gasteiger partial charge on any atom is -0.485 e. The monoisotopic (exact) mass is 718 g/mol. The Balaban J connectivity index is 0.00000267. The standard InChI is InChI=1S/C25H29BrCl2N6O3.3ClH/c1-16-24(26)34-12-6-7-20(25(34)31-16)37-15-17-18(27)8-9-19(23(17)28)32(2)22(36)14-29-21(35)13-30-33-10-4-3-5-11-33;;;/h6-9,12,30H,3-5,10-11,13-15H2,1-2H3,(H,29,35);3*1H. The van der Waals surface area contributed by atoms with Crippen LogP contribution in [0.4, 0.5) is 5.69 Å². The molecule has 1 aliphatic rings. The van der Waals surface area contributed by atoms with Crippen LogP contribution in [0, 0.1) is 6.92 Å². The van der Waals surface area contributed by atoms with Gasteiger partial charge < -0.3 is 15.0 Å². The topological polar surface area (TPSA) is 91.2 Å². The highest BCUT2D eigenvalue weighted by Gasteiger charge is 2.20. The normalized spacial score (nSPS) is 13.0. The number of likely N-dealkylation sites (N-methyl/N-ethyl adjacent to an activating group) is 1. The van der Waals surface area contributed by atoms with Gasteiger partial charge in [-0.2, -0.15) is 0 Å². The van der Waals surface area contributed by atoms with Crippen molar-refractivity contribution < 1.29 is 14.3 Å². The number of anilines is 1. The zero-order valence-electron chi connectivity index (χ0n) is 21.9. The number of ether oxygens (including phenoxy) is 1. The van der Waals surface area contributed by atoms with Crippen LogP contribution in [0.15, 0.2) is 35.1 Å². The van der Waals surface area contributed by atoms with E-state index in [9.17, 15) is 9.59 Å². The average Bonchev–Trinajstić information content (AvgIpc) is 3.20. The molecule has 0 aliphatic carbocycles. The van der Waals surface area contributed by atoms with E-state index in [0.717, 1.165) is 36.2 Å². The van der Waals surface area contributed by atoms with Crippen molar-refractivity contribution in [2.45, 2.75) is 32.8 Å². The molecule has 2 N–H and O–H groups in total. The van der Waals surface area contributed by atoms with E-state index in [2.05, 4.69) is 31.7 Å². The summed E-state index contributed by atoms with van der Waals surface area (Å²) in [4.78, 5) is 31.0. The van der Waals surface area contributed by atoms with Gasteiger partial charge in [-0.15, -0.1) is 37.2 Å². The number of fused-ring (bicyclic) bond motifs is 1. The van der Waals surface area contributed by atoms with Crippen molar-refractivity contribution in [3.8, 4) is 5.75 Å². The molecule has 0 unspecified atom stereocenters. The van der Waals surface area contributed by atoms with Gasteiger partial charge in [-0.05, 0) is 60.0 Å². The summed E-state index contributed by atoms with van der Waals surface area (Å²) in [5.41, 5.74) is 5.61. The second-order valence-corrected chi connectivity index (χ2v) is 10.4. The van der Waals surface area contributed by atoms with E-state index >= 15 is 0 Å². The van der Waals surface area contributed by atoms with E-state index in [4.69, 9.17) is 27.9 Å². The van der Waals surface area contributed by atoms with Crippen LogP contribution in [0.2, 0.25) is 10.0 Å². The molecule has 9 nitrogen and oxygen atoms in total. The van der Waals surface area contributed by atoms with Crippen LogP contribution in [0.25, 0.3) is 5.65 Å². The molecule has 15 heteroatoms. The summed E-state index contributed by atoms with van der Waals surface area (Å²) < 4.78 is 8.77. The van der Waals surface area contributed by atoms with E-state index in [-0.39, 0.29) is 68.7 Å². The van der Waals surface area contributed by atoms with Crippen molar-refractivity contribution in [2.75, 3.05) is 38.1 Å². The molecule has 3 heterocycles. The Morgan fingerprint density at radius 1 is 1.10 bits per heavy atom. The van der Waals surface area contributed by atoms with Gasteiger partial charge in [-0.1, -0.05) is 29.6 Å². The lowest BCUT2D eigenvalue weighted by Crippen LogP contribution is -2.48. The number of hydrazine groups is 1. The first-order valence-electron chi connectivity index (χ1n) is 12.0. The molecule has 1 aliphatic heterocycles. The number of hydrogen-bond donors (Lipinski definition) is 2. The smallest absolute Gasteiger partial charge is 0.246 e. The summed E-state index contributed by atoms with van der Waals surface area (Å²) in [7, 11) is 1.60. The Labute approximate surface area is 270 Å². The number of pyridine rings is 1. The van der Waals surface area contributed by atoms with E-state index in [1.807, 2.05) is 34.7 Å². The van der Waals surface area contributed by atoms with Crippen LogP contribution in [0.3, 0.4) is 0 Å². The molecule has 1 saturated heterocycles. The summed E-state index contributed by atoms with van der Waals surface area (Å²) in [5.74, 6) is 0.00249. The molecule has 0 bridgehead atoms. The van der Waals surface area contributed by atoms with Crippen LogP contribution in [-0.4, -0.2) is 59.4 Å². The third-order valence-electron chi connectivity index (χ3n) is 6.24. The number of piperidine rings is 1. The van der Waals surface area contributed by atoms with Gasteiger partial charge in [0.15, 0.2) is 11.4 Å². The van der Waals surface area contributed by atoms with Crippen molar-refractivity contribution in [2.24, 2.45) is 0 Å². The SMILES string of the molecule is Cc1nc2c(OCc3c(Cl)ccc(N(C)C(=O)CNC(=O)CNN4CCCCC4)c3Cl)cccn2c1Br.Cl.Cl.Cl. The summed E-state index contributed by atoms with van der Waals surface area (Å²) in [5, 5.41) is 5.42. The fourth-order valence-electron chi connectivity index (χ4n) is 4.09. The molecule has 0 radical (unpaired) electrons. The Morgan fingerprint density at radius 3 is 2.50 bits per heavy atom. The van der Waals surface area contributed by atoms with Crippen molar-refractivity contribution >= 4 is 99.5 Å². The second kappa shape index (κ2) is 16.8. The number of amides is 2. The molecule has 4 rings (SSSR count). The minimum absolute atomic E-state index is 0. The lowest BCUT2D eigenvalue weighted by molar-refractivity contribution is -0.125. The molecule has 2 amide bonds. The number of nitrogens with zero attached hydrogens (tertiary/aromatic N) is 4. The fraction of sp³-hybridized carbons (Fsp3) is 0.400. The largest absolute Gasteiger partial charge is 0.485 e. The first-order chi connectivity index (χ1) is 17.8. The molecular weight excluding hydrogens is 689 g/mol. The van der Waals surface area contributed by atoms with E-state index in [0.29, 0.717) is 32.7 Å². The molecule has 1 fully saturated rings. The molecule has 0 saturated carbocycles. The van der Waals surface area contributed by atoms with E-state index in [1.54, 1.807) is 19.2 Å². The van der Waals surface area contributed by atoms with Gasteiger partial charge in [0.2, 0.25) is 11.8 Å². The Bertz CT molecular complexity index is 1310. The highest BCUT2D eigenvalue weighted by atomic mass is 79.9. The van der Waals surface area contributed by atoms with Gasteiger partial charge in [-0.3, -0.25) is 14.0 Å². The van der Waals surface area contributed by atoms with E-state index in [1.165, 1.54) is 11.3 Å². The van der Waals surface area contributed by atoms with Gasteiger partial charge in [0.1, 0.15) is 11.2 Å². The zero-order valence-corrected chi connectivity index (χ0v) is 27.5. The highest BCUT2D eigenvalue weighted by molar-refractivity contribution is 9.10. The molecule has 1 aromatic carbocycles. The predicted molar refractivity (Wildman–Crippen MR) is 170 cm³/mol. The molecule has 3 aromatic rings. The van der Waals surface area contributed by atoms with E-state index < -0.39 is 0 Å². The van der Waals surface area contributed by atoms with Gasteiger partial charge in [0, 0.05) is 36.9 Å². The zero-order chi connectivity index (χ0) is 26.5. The lowest BCUT2D eigenvalue weighted by atomic mass is 10.2. The highest BCUT2D eigenvalue weighted by Crippen LogP contribution is 2.35. The minimum atomic E-state index is -0.315. The molecule has 222 valence electrons. The number of halogens is 6. The van der Waals surface area contributed by atoms with Gasteiger partial charge in [0.05, 0.1) is 29.5 Å². The number of hydrogen-bond acceptors (Lipinski definition) is 6. The number of nitrogens with one attached hydrogen (secondary N) is 2. The first kappa shape index (κ1) is 36.5. The number of carbonyl (C=O) groups excluding carboxylic acids is 2. The third kappa shape index (κ3) is 8.75. The quantitative estimate of drug-likeness (QED) is 0.298. The average molecular weight is 722 g/mol. The van der Waals surface area contributed by atoms with Gasteiger partial charge >= 0.3 is 0 Å². The van der Waals surface area contributed by atoms with Crippen LogP contribution < -0.4 is 20.4 Å². The van der Waals surface area contributed by atoms with Crippen LogP contribution in [0.5, 0.6) is 5.75 Å². The fourth-order valence-corrected chi connectivity index (χ4v) is 5.07. The van der Waals surface area contributed by atoms with Crippen LogP contribution >= 0.6 is 76.4 Å². The summed E-state index contributed by atoms with van der Waals surface area (Å²) >= 11 is 16.6. The number of imidazole rings is 1. The molecule has 40 heavy (non-hydrogen) atoms. The molecule has 0 atom stereocenters. The molecule has 2 aromatic heterocycles. The first-order valence-corrected chi connectivity index (χ1v) is 13.6. The third-order valence-corrected chi connectivity index (χ3v) is 7.98. The number of benzene rings is 1. The van der Waals surface area contributed by atoms with Crippen molar-refractivity contribution in [3.63, 3.8) is 0 Å². The number of carbonyl (C=O) groups is 2. The number of rotatable bonds is 9. The Morgan fingerprint density at radius 2 is 1.80 bits per heavy atom. The van der Waals surface area contributed by atoms with Gasteiger partial charge in [0.25, 0.3) is 0 Å². The number of aryl methyl sites for hydroxylation is 1. The maximum absolute atomic E-state index is 12.8. The van der Waals surface area contributed by atoms with Crippen molar-refractivity contribution in [1.29, 1.82) is 0 Å². The molecular formula is C25H32BrCl5N6O3. The van der Waals surface area contributed by atoms with Gasteiger partial charge in [-0.25, -0.2) is 15.4 Å². The Kier molecular flexibility index (Phi) is 15.4. The van der Waals surface area contributed by atoms with Crippen molar-refractivity contribution in [3.05, 3.63) is 56.4 Å². The van der Waals surface area contributed by atoms with Crippen LogP contribution in [0.1, 0.15) is 30.5 Å². The summed E-state index contributed by atoms with van der Waals surface area (Å²) in [6.45, 7) is 3.79.